The van der Waals surface area contributed by atoms with Crippen molar-refractivity contribution in [2.75, 3.05) is 25.6 Å². The summed E-state index contributed by atoms with van der Waals surface area (Å²) >= 11 is 0. The van der Waals surface area contributed by atoms with Gasteiger partial charge in [-0.05, 0) is 83.1 Å². The van der Waals surface area contributed by atoms with E-state index in [1.54, 1.807) is 6.08 Å². The molecule has 19 nitrogen and oxygen atoms in total. The van der Waals surface area contributed by atoms with Crippen molar-refractivity contribution in [2.45, 2.75) is 173 Å². The standard InChI is InChI=1S/C50H79N3O16P2/c1-3-5-7-8-9-10-11-12-13-14-15-16-17-20-24-27-31-35-46(56)67-42(38-64-45(55)34-30-26-23-21-18-19-22-25-29-33-41(54)32-28-6-4-2)39-65-70(60,61)69-71(62,63)66-40-43-47(57)48(58)49(68-43)53-37-36-44(51)52-50(53)59/h5-7,9-10,12-13,15-16,22,25,28-29,33,36-37,41-43,47-49,54,57-58H,3-4,8,11,14,17-21,23-24,26-27,30-32,34-35,38-40H2,1-2H3,(H,60,61)(H,62,63)(H2,51,52,59)/b7-5-,10-9-,13-12-,16-15-,25-22+,28-6+,33-29+/t41?,42-,43-,47-,48-,49-/m1/s1. The van der Waals surface area contributed by atoms with Gasteiger partial charge in [0.05, 0.1) is 19.3 Å². The van der Waals surface area contributed by atoms with Gasteiger partial charge < -0.3 is 45.1 Å². The molecule has 2 heterocycles. The van der Waals surface area contributed by atoms with Crippen molar-refractivity contribution in [3.8, 4) is 0 Å². The third-order valence-corrected chi connectivity index (χ3v) is 13.2. The topological polar surface area (TPSA) is 286 Å². The number of carbonyl (C=O) groups excluding carboxylic acids is 2. The lowest BCUT2D eigenvalue weighted by Gasteiger charge is -2.21. The van der Waals surface area contributed by atoms with E-state index in [4.69, 9.17) is 29.0 Å². The van der Waals surface area contributed by atoms with Crippen molar-refractivity contribution in [3.05, 3.63) is 108 Å². The summed E-state index contributed by atoms with van der Waals surface area (Å²) in [6.07, 6.45) is 35.6. The fourth-order valence-electron chi connectivity index (χ4n) is 6.75. The first-order valence-corrected chi connectivity index (χ1v) is 27.7. The second kappa shape index (κ2) is 37.6. The van der Waals surface area contributed by atoms with E-state index in [2.05, 4.69) is 64.8 Å². The fourth-order valence-corrected chi connectivity index (χ4v) is 8.86. The van der Waals surface area contributed by atoms with Crippen LogP contribution in [-0.4, -0.2) is 96.9 Å². The average Bonchev–Trinajstić information content (AvgIpc) is 3.60. The molecule has 0 spiro atoms. The monoisotopic (exact) mass is 1040 g/mol. The molecule has 0 aromatic carbocycles. The van der Waals surface area contributed by atoms with Crippen LogP contribution in [0, 0.1) is 0 Å². The first-order chi connectivity index (χ1) is 34.1. The molecule has 7 N–H and O–H groups in total. The number of hydrogen-bond donors (Lipinski definition) is 6. The number of aliphatic hydroxyl groups excluding tert-OH is 3. The molecule has 0 radical (unpaired) electrons. The largest absolute Gasteiger partial charge is 0.481 e. The van der Waals surface area contributed by atoms with Crippen molar-refractivity contribution < 1.29 is 71.4 Å². The van der Waals surface area contributed by atoms with E-state index in [1.165, 1.54) is 6.07 Å². The number of ether oxygens (including phenoxy) is 3. The van der Waals surface area contributed by atoms with Gasteiger partial charge in [-0.1, -0.05) is 131 Å². The number of phosphoric ester groups is 2. The second-order valence-corrected chi connectivity index (χ2v) is 19.8. The van der Waals surface area contributed by atoms with E-state index in [0.29, 0.717) is 19.3 Å². The van der Waals surface area contributed by atoms with Gasteiger partial charge in [-0.15, -0.1) is 0 Å². The molecule has 71 heavy (non-hydrogen) atoms. The van der Waals surface area contributed by atoms with Gasteiger partial charge in [0.25, 0.3) is 0 Å². The van der Waals surface area contributed by atoms with E-state index in [-0.39, 0.29) is 18.7 Å². The summed E-state index contributed by atoms with van der Waals surface area (Å²) in [6.45, 7) is 1.76. The van der Waals surface area contributed by atoms with Crippen LogP contribution in [-0.2, 0) is 46.3 Å². The van der Waals surface area contributed by atoms with Crippen LogP contribution < -0.4 is 11.4 Å². The minimum atomic E-state index is -5.45. The van der Waals surface area contributed by atoms with Crippen molar-refractivity contribution in [1.29, 1.82) is 0 Å². The Morgan fingerprint density at radius 1 is 0.746 bits per heavy atom. The molecular formula is C50H79N3O16P2. The lowest BCUT2D eigenvalue weighted by Crippen LogP contribution is -2.36. The van der Waals surface area contributed by atoms with Crippen molar-refractivity contribution in [3.63, 3.8) is 0 Å². The summed E-state index contributed by atoms with van der Waals surface area (Å²) < 4.78 is 56.7. The molecule has 1 aliphatic rings. The number of carbonyl (C=O) groups is 2. The number of phosphoric acid groups is 2. The highest BCUT2D eigenvalue weighted by molar-refractivity contribution is 7.61. The number of allylic oxidation sites excluding steroid dienone is 12. The van der Waals surface area contributed by atoms with Crippen LogP contribution in [0.4, 0.5) is 5.82 Å². The maximum Gasteiger partial charge on any atom is 0.481 e. The molecule has 0 bridgehead atoms. The van der Waals surface area contributed by atoms with Crippen LogP contribution in [0.5, 0.6) is 0 Å². The smallest absolute Gasteiger partial charge is 0.462 e. The molecule has 1 aromatic heterocycles. The summed E-state index contributed by atoms with van der Waals surface area (Å²) in [6, 6.07) is 1.24. The second-order valence-electron chi connectivity index (χ2n) is 16.7. The van der Waals surface area contributed by atoms with Gasteiger partial charge >= 0.3 is 33.3 Å². The normalized spacial score (nSPS) is 20.3. The van der Waals surface area contributed by atoms with Crippen molar-refractivity contribution in [2.24, 2.45) is 0 Å². The molecule has 8 atom stereocenters. The van der Waals surface area contributed by atoms with E-state index >= 15 is 0 Å². The molecule has 2 rings (SSSR count). The lowest BCUT2D eigenvalue weighted by atomic mass is 10.1. The summed E-state index contributed by atoms with van der Waals surface area (Å²) in [5.74, 6) is -1.39. The van der Waals surface area contributed by atoms with Gasteiger partial charge in [0.15, 0.2) is 12.3 Å². The minimum Gasteiger partial charge on any atom is -0.462 e. The van der Waals surface area contributed by atoms with Gasteiger partial charge in [-0.2, -0.15) is 9.29 Å². The zero-order chi connectivity index (χ0) is 52.2. The highest BCUT2D eigenvalue weighted by Gasteiger charge is 2.46. The Morgan fingerprint density at radius 2 is 1.31 bits per heavy atom. The van der Waals surface area contributed by atoms with Crippen LogP contribution >= 0.6 is 15.6 Å². The zero-order valence-corrected chi connectivity index (χ0v) is 43.1. The number of aliphatic hydroxyl groups is 3. The summed E-state index contributed by atoms with van der Waals surface area (Å²) in [7, 11) is -10.9. The first kappa shape index (κ1) is 63.0. The van der Waals surface area contributed by atoms with Crippen LogP contribution in [0.3, 0.4) is 0 Å². The Labute approximate surface area is 419 Å². The van der Waals surface area contributed by atoms with Gasteiger partial charge in [0.2, 0.25) is 0 Å². The molecule has 0 saturated carbocycles. The number of unbranched alkanes of at least 4 members (excludes halogenated alkanes) is 9. The molecule has 1 fully saturated rings. The number of hydrogen-bond acceptors (Lipinski definition) is 16. The number of nitrogens with zero attached hydrogens (tertiary/aromatic N) is 2. The van der Waals surface area contributed by atoms with Crippen LogP contribution in [0.15, 0.2) is 102 Å². The molecule has 0 aliphatic carbocycles. The quantitative estimate of drug-likeness (QED) is 0.0118. The number of nitrogens with two attached hydrogens (primary N) is 1. The highest BCUT2D eigenvalue weighted by Crippen LogP contribution is 2.60. The highest BCUT2D eigenvalue weighted by atomic mass is 31.3. The maximum atomic E-state index is 12.9. The van der Waals surface area contributed by atoms with Gasteiger partial charge in [0.1, 0.15) is 30.7 Å². The predicted octanol–water partition coefficient (Wildman–Crippen LogP) is 8.86. The molecule has 400 valence electrons. The van der Waals surface area contributed by atoms with Crippen LogP contribution in [0.2, 0.25) is 0 Å². The fraction of sp³-hybridized carbons (Fsp3) is 0.600. The summed E-state index contributed by atoms with van der Waals surface area (Å²) in [5.41, 5.74) is 4.57. The average molecular weight is 1040 g/mol. The van der Waals surface area contributed by atoms with Crippen molar-refractivity contribution in [1.82, 2.24) is 9.55 Å². The summed E-state index contributed by atoms with van der Waals surface area (Å²) in [4.78, 5) is 61.9. The Morgan fingerprint density at radius 3 is 1.96 bits per heavy atom. The molecule has 21 heteroatoms. The maximum absolute atomic E-state index is 12.9. The third-order valence-electron chi connectivity index (χ3n) is 10.6. The Balaban J connectivity index is 1.84. The van der Waals surface area contributed by atoms with E-state index in [1.807, 2.05) is 37.3 Å². The number of anilines is 1. The number of aromatic nitrogens is 2. The molecule has 1 aromatic rings. The Hall–Kier alpha value is -4.10. The van der Waals surface area contributed by atoms with Gasteiger partial charge in [0, 0.05) is 19.0 Å². The van der Waals surface area contributed by atoms with Crippen LogP contribution in [0.25, 0.3) is 0 Å². The molecule has 3 unspecified atom stereocenters. The molecule has 0 amide bonds. The van der Waals surface area contributed by atoms with E-state index in [0.717, 1.165) is 101 Å². The van der Waals surface area contributed by atoms with Crippen molar-refractivity contribution >= 4 is 33.4 Å². The Bertz CT molecular complexity index is 2040. The molecular weight excluding hydrogens is 961 g/mol. The SMILES string of the molecule is CC/C=C\C/C=C\C/C=C\C/C=C\CCCCCCC(=O)O[C@H](COC(=O)CCCCCCC/C=C/C=C/C(O)C/C=C/CC)COP(=O)(O)OP(=O)(O)OC[C@H]1O[C@@H](n2ccc(N)nc2=O)[C@H](O)[C@@H]1O. The Kier molecular flexibility index (Phi) is 33.4. The first-order valence-electron chi connectivity index (χ1n) is 24.7. The van der Waals surface area contributed by atoms with E-state index < -0.39 is 89.8 Å². The molecule has 1 aliphatic heterocycles. The minimum absolute atomic E-state index is 0.00205. The lowest BCUT2D eigenvalue weighted by molar-refractivity contribution is -0.161. The number of rotatable bonds is 39. The third kappa shape index (κ3) is 30.5. The van der Waals surface area contributed by atoms with Crippen LogP contribution in [0.1, 0.15) is 142 Å². The molecule has 1 saturated heterocycles. The number of esters is 2. The van der Waals surface area contributed by atoms with Gasteiger partial charge in [-0.3, -0.25) is 23.2 Å². The number of nitrogen functional groups attached to an aromatic ring is 1. The van der Waals surface area contributed by atoms with Gasteiger partial charge in [-0.25, -0.2) is 13.9 Å². The predicted molar refractivity (Wildman–Crippen MR) is 271 cm³/mol. The van der Waals surface area contributed by atoms with E-state index in [9.17, 15) is 48.6 Å². The zero-order valence-electron chi connectivity index (χ0n) is 41.4. The summed E-state index contributed by atoms with van der Waals surface area (Å²) in [5, 5.41) is 30.8.